The minimum absolute atomic E-state index is 0.0137. The number of rotatable bonds is 10. The molecule has 17 heteroatoms. The van der Waals surface area contributed by atoms with E-state index in [4.69, 9.17) is 16.3 Å². The molecule has 4 heterocycles. The van der Waals surface area contributed by atoms with Crippen LogP contribution in [0.2, 0.25) is 5.02 Å². The standard InChI is InChI=1S/C37H33ClF2N8O6/c1-54-30-17-27-22(34(42-19-41-27)43-21-4-5-25(39)24(38)15-21)16-28(30)44-31(49)3-2-8-46-9-11-47(12-10-46)18-20-13-23-33(26(40)14-20)37(53)48(36(23)52)29-6-7-32(50)45-35(29)51/h2-5,13-17,19,29H,6-12,18H2,1H3,(H,44,49)(H,41,42,43)(H,45,50,51)/b3-2+. The van der Waals surface area contributed by atoms with Crippen LogP contribution < -0.4 is 20.7 Å². The maximum absolute atomic E-state index is 15.2. The Hall–Kier alpha value is -5.84. The fourth-order valence-corrected chi connectivity index (χ4v) is 6.91. The lowest BCUT2D eigenvalue weighted by Gasteiger charge is -2.34. The highest BCUT2D eigenvalue weighted by Crippen LogP contribution is 2.34. The zero-order valence-electron chi connectivity index (χ0n) is 28.8. The summed E-state index contributed by atoms with van der Waals surface area (Å²) in [6, 6.07) is 9.11. The van der Waals surface area contributed by atoms with Crippen LogP contribution in [0.25, 0.3) is 10.9 Å². The Bertz CT molecular complexity index is 2250. The Kier molecular flexibility index (Phi) is 10.3. The monoisotopic (exact) mass is 758 g/mol. The maximum atomic E-state index is 15.2. The Balaban J connectivity index is 0.935. The molecular weight excluding hydrogens is 726 g/mol. The van der Waals surface area contributed by atoms with E-state index in [1.54, 1.807) is 18.2 Å². The van der Waals surface area contributed by atoms with Crippen molar-refractivity contribution in [3.05, 3.63) is 94.3 Å². The largest absolute Gasteiger partial charge is 0.494 e. The summed E-state index contributed by atoms with van der Waals surface area (Å²) in [7, 11) is 1.48. The number of imide groups is 2. The van der Waals surface area contributed by atoms with Crippen molar-refractivity contribution >= 4 is 69.2 Å². The average molecular weight is 759 g/mol. The Labute approximate surface area is 312 Å². The number of benzene rings is 3. The van der Waals surface area contributed by atoms with Crippen molar-refractivity contribution in [2.24, 2.45) is 0 Å². The molecule has 0 radical (unpaired) electrons. The van der Waals surface area contributed by atoms with Crippen molar-refractivity contribution in [2.45, 2.75) is 25.4 Å². The summed E-state index contributed by atoms with van der Waals surface area (Å²) < 4.78 is 34.4. The second kappa shape index (κ2) is 15.3. The van der Waals surface area contributed by atoms with Gasteiger partial charge in [-0.1, -0.05) is 17.7 Å². The van der Waals surface area contributed by atoms with Crippen molar-refractivity contribution in [3.8, 4) is 5.75 Å². The third-order valence-corrected chi connectivity index (χ3v) is 9.74. The number of nitrogens with zero attached hydrogens (tertiary/aromatic N) is 5. The zero-order chi connectivity index (χ0) is 38.1. The molecule has 0 spiro atoms. The molecule has 7 rings (SSSR count). The second-order valence-corrected chi connectivity index (χ2v) is 13.4. The number of methoxy groups -OCH3 is 1. The predicted molar refractivity (Wildman–Crippen MR) is 193 cm³/mol. The van der Waals surface area contributed by atoms with Crippen molar-refractivity contribution in [1.29, 1.82) is 0 Å². The number of amides is 5. The highest BCUT2D eigenvalue weighted by atomic mass is 35.5. The SMILES string of the molecule is COc1cc2ncnc(Nc3ccc(F)c(Cl)c3)c2cc1NC(=O)/C=C/CN1CCN(Cc2cc(F)c3c(c2)C(=O)N(C2CCC(=O)NC2=O)C3=O)CC1. The summed E-state index contributed by atoms with van der Waals surface area (Å²) in [5.74, 6) is -3.85. The van der Waals surface area contributed by atoms with E-state index in [9.17, 15) is 28.4 Å². The van der Waals surface area contributed by atoms with Gasteiger partial charge in [0.05, 0.1) is 34.5 Å². The number of aromatic nitrogens is 2. The molecule has 0 aliphatic carbocycles. The molecule has 3 N–H and O–H groups in total. The summed E-state index contributed by atoms with van der Waals surface area (Å²) >= 11 is 5.94. The lowest BCUT2D eigenvalue weighted by molar-refractivity contribution is -0.136. The fraction of sp³-hybridized carbons (Fsp3) is 0.270. The lowest BCUT2D eigenvalue weighted by atomic mass is 10.0. The Morgan fingerprint density at radius 1 is 1.00 bits per heavy atom. The maximum Gasteiger partial charge on any atom is 0.265 e. The van der Waals surface area contributed by atoms with Crippen molar-refractivity contribution < 1.29 is 37.5 Å². The molecule has 54 heavy (non-hydrogen) atoms. The number of piperidine rings is 1. The molecule has 3 aliphatic heterocycles. The normalized spacial score (nSPS) is 18.0. The van der Waals surface area contributed by atoms with E-state index in [1.807, 2.05) is 0 Å². The minimum atomic E-state index is -1.17. The number of piperazine rings is 1. The van der Waals surface area contributed by atoms with Gasteiger partial charge in [0, 0.05) is 68.9 Å². The number of carbonyl (C=O) groups excluding carboxylic acids is 5. The molecule has 0 saturated carbocycles. The Morgan fingerprint density at radius 3 is 2.52 bits per heavy atom. The topological polar surface area (TPSA) is 166 Å². The molecule has 0 bridgehead atoms. The molecule has 3 aliphatic rings. The molecule has 4 aromatic rings. The van der Waals surface area contributed by atoms with Gasteiger partial charge in [0.25, 0.3) is 11.8 Å². The van der Waals surface area contributed by atoms with Crippen molar-refractivity contribution in [2.75, 3.05) is 50.5 Å². The first-order valence-electron chi connectivity index (χ1n) is 17.0. The number of anilines is 3. The number of fused-ring (bicyclic) bond motifs is 2. The van der Waals surface area contributed by atoms with Gasteiger partial charge in [-0.2, -0.15) is 0 Å². The molecule has 2 fully saturated rings. The summed E-state index contributed by atoms with van der Waals surface area (Å²) in [6.45, 7) is 3.42. The summed E-state index contributed by atoms with van der Waals surface area (Å²) in [6.07, 6.45) is 4.51. The van der Waals surface area contributed by atoms with E-state index < -0.39 is 41.3 Å². The molecule has 5 amide bonds. The van der Waals surface area contributed by atoms with Crippen LogP contribution in [0.5, 0.6) is 5.75 Å². The van der Waals surface area contributed by atoms with Crippen molar-refractivity contribution in [3.63, 3.8) is 0 Å². The van der Waals surface area contributed by atoms with E-state index >= 15 is 4.39 Å². The molecule has 1 atom stereocenters. The molecule has 278 valence electrons. The first kappa shape index (κ1) is 36.5. The van der Waals surface area contributed by atoms with E-state index in [0.717, 1.165) is 4.90 Å². The van der Waals surface area contributed by atoms with Gasteiger partial charge >= 0.3 is 0 Å². The van der Waals surface area contributed by atoms with Crippen LogP contribution in [-0.2, 0) is 20.9 Å². The number of halogens is 3. The number of carbonyl (C=O) groups is 5. The summed E-state index contributed by atoms with van der Waals surface area (Å²) in [5, 5.41) is 8.61. The Morgan fingerprint density at radius 2 is 1.78 bits per heavy atom. The molecular formula is C37H33ClF2N8O6. The summed E-state index contributed by atoms with van der Waals surface area (Å²) in [4.78, 5) is 76.7. The van der Waals surface area contributed by atoms with Gasteiger partial charge in [-0.15, -0.1) is 0 Å². The number of ether oxygens (including phenoxy) is 1. The molecule has 14 nitrogen and oxygen atoms in total. The van der Waals surface area contributed by atoms with Crippen LogP contribution in [0.3, 0.4) is 0 Å². The smallest absolute Gasteiger partial charge is 0.265 e. The van der Waals surface area contributed by atoms with Crippen LogP contribution in [0, 0.1) is 11.6 Å². The van der Waals surface area contributed by atoms with E-state index in [2.05, 4.69) is 35.7 Å². The first-order valence-corrected chi connectivity index (χ1v) is 17.4. The van der Waals surface area contributed by atoms with Crippen LogP contribution in [0.4, 0.5) is 26.0 Å². The first-order chi connectivity index (χ1) is 26.0. The fourth-order valence-electron chi connectivity index (χ4n) is 6.73. The third kappa shape index (κ3) is 7.48. The predicted octanol–water partition coefficient (Wildman–Crippen LogP) is 4.03. The van der Waals surface area contributed by atoms with Gasteiger partial charge in [0.1, 0.15) is 35.6 Å². The number of hydrogen-bond donors (Lipinski definition) is 3. The van der Waals surface area contributed by atoms with Crippen LogP contribution in [0.1, 0.15) is 39.1 Å². The highest BCUT2D eigenvalue weighted by Gasteiger charge is 2.46. The average Bonchev–Trinajstić information content (AvgIpc) is 3.39. The van der Waals surface area contributed by atoms with Gasteiger partial charge in [0.2, 0.25) is 17.7 Å². The molecule has 1 unspecified atom stereocenters. The molecule has 2 saturated heterocycles. The third-order valence-electron chi connectivity index (χ3n) is 9.45. The van der Waals surface area contributed by atoms with E-state index in [0.29, 0.717) is 78.7 Å². The van der Waals surface area contributed by atoms with Crippen LogP contribution in [0.15, 0.2) is 60.9 Å². The van der Waals surface area contributed by atoms with Gasteiger partial charge in [0.15, 0.2) is 0 Å². The van der Waals surface area contributed by atoms with E-state index in [1.165, 1.54) is 49.8 Å². The van der Waals surface area contributed by atoms with Crippen molar-refractivity contribution in [1.82, 2.24) is 30.0 Å². The summed E-state index contributed by atoms with van der Waals surface area (Å²) in [5.41, 5.74) is 1.51. The minimum Gasteiger partial charge on any atom is -0.494 e. The van der Waals surface area contributed by atoms with Gasteiger partial charge in [-0.25, -0.2) is 18.7 Å². The molecule has 1 aromatic heterocycles. The second-order valence-electron chi connectivity index (χ2n) is 13.0. The lowest BCUT2D eigenvalue weighted by Crippen LogP contribution is -2.54. The van der Waals surface area contributed by atoms with Crippen LogP contribution in [-0.4, -0.2) is 100 Å². The zero-order valence-corrected chi connectivity index (χ0v) is 29.6. The van der Waals surface area contributed by atoms with E-state index in [-0.39, 0.29) is 34.9 Å². The van der Waals surface area contributed by atoms with Gasteiger partial charge in [-0.05, 0) is 48.4 Å². The van der Waals surface area contributed by atoms with Crippen LogP contribution >= 0.6 is 11.6 Å². The number of nitrogens with one attached hydrogen (secondary N) is 3. The van der Waals surface area contributed by atoms with Gasteiger partial charge in [-0.3, -0.25) is 44.0 Å². The molecule has 3 aromatic carbocycles. The van der Waals surface area contributed by atoms with Gasteiger partial charge < -0.3 is 15.4 Å². The highest BCUT2D eigenvalue weighted by molar-refractivity contribution is 6.31. The number of hydrogen-bond acceptors (Lipinski definition) is 11. The quantitative estimate of drug-likeness (QED) is 0.158.